The third kappa shape index (κ3) is 2.55. The molecule has 19 heavy (non-hydrogen) atoms. The van der Waals surface area contributed by atoms with E-state index in [0.717, 1.165) is 6.92 Å². The minimum Gasteiger partial charge on any atom is -0.495 e. The zero-order valence-corrected chi connectivity index (χ0v) is 10.5. The minimum absolute atomic E-state index is 0.0272. The van der Waals surface area contributed by atoms with Crippen molar-refractivity contribution in [1.29, 1.82) is 0 Å². The number of benzene rings is 1. The van der Waals surface area contributed by atoms with E-state index in [-0.39, 0.29) is 29.6 Å². The maximum Gasteiger partial charge on any atom is 0.274 e. The molecule has 0 aliphatic rings. The maximum absolute atomic E-state index is 13.5. The van der Waals surface area contributed by atoms with Gasteiger partial charge in [-0.15, -0.1) is 0 Å². The first-order valence-corrected chi connectivity index (χ1v) is 5.55. The number of nitrogens with zero attached hydrogens (tertiary/aromatic N) is 2. The number of methoxy groups -OCH3 is 1. The summed E-state index contributed by atoms with van der Waals surface area (Å²) in [5.74, 6) is -2.60. The number of hydrogen-bond acceptors (Lipinski definition) is 5. The van der Waals surface area contributed by atoms with Crippen LogP contribution in [0.3, 0.4) is 0 Å². The lowest BCUT2D eigenvalue weighted by atomic mass is 10.0. The molecule has 2 N–H and O–H groups in total. The Morgan fingerprint density at radius 1 is 1.42 bits per heavy atom. The van der Waals surface area contributed by atoms with Crippen LogP contribution in [0.4, 0.5) is 8.78 Å². The summed E-state index contributed by atoms with van der Waals surface area (Å²) in [6, 6.07) is 4.37. The van der Waals surface area contributed by atoms with Gasteiger partial charge >= 0.3 is 0 Å². The van der Waals surface area contributed by atoms with Crippen LogP contribution in [0.2, 0.25) is 0 Å². The summed E-state index contributed by atoms with van der Waals surface area (Å²) in [5, 5.41) is 3.70. The number of hydrogen-bond donors (Lipinski definition) is 1. The fourth-order valence-corrected chi connectivity index (χ4v) is 1.73. The fraction of sp³-hybridized carbons (Fsp3) is 0.333. The number of rotatable bonds is 4. The van der Waals surface area contributed by atoms with Crippen molar-refractivity contribution in [2.24, 2.45) is 5.73 Å². The molecule has 2 aromatic rings. The van der Waals surface area contributed by atoms with Crippen LogP contribution in [-0.4, -0.2) is 17.3 Å². The molecule has 1 heterocycles. The fourth-order valence-electron chi connectivity index (χ4n) is 1.73. The van der Waals surface area contributed by atoms with E-state index >= 15 is 0 Å². The molecule has 0 saturated carbocycles. The highest BCUT2D eigenvalue weighted by molar-refractivity contribution is 5.66. The van der Waals surface area contributed by atoms with Crippen molar-refractivity contribution in [1.82, 2.24) is 10.1 Å². The van der Waals surface area contributed by atoms with Gasteiger partial charge in [0.1, 0.15) is 5.75 Å². The average molecular weight is 269 g/mol. The number of aromatic nitrogens is 2. The average Bonchev–Trinajstić information content (AvgIpc) is 2.85. The molecule has 2 rings (SSSR count). The van der Waals surface area contributed by atoms with Gasteiger partial charge in [-0.05, 0) is 12.1 Å². The van der Waals surface area contributed by atoms with Gasteiger partial charge in [-0.2, -0.15) is 4.98 Å². The lowest BCUT2D eigenvalue weighted by Crippen LogP contribution is -2.10. The van der Waals surface area contributed by atoms with Gasteiger partial charge in [0.25, 0.3) is 5.92 Å². The molecule has 0 bridgehead atoms. The van der Waals surface area contributed by atoms with Crippen LogP contribution in [0, 0.1) is 0 Å². The van der Waals surface area contributed by atoms with E-state index in [4.69, 9.17) is 15.0 Å². The van der Waals surface area contributed by atoms with Gasteiger partial charge in [0.15, 0.2) is 0 Å². The zero-order chi connectivity index (χ0) is 14.0. The predicted octanol–water partition coefficient (Wildman–Crippen LogP) is 2.32. The monoisotopic (exact) mass is 269 g/mol. The van der Waals surface area contributed by atoms with Crippen LogP contribution in [-0.2, 0) is 12.5 Å². The van der Waals surface area contributed by atoms with Crippen LogP contribution in [0.5, 0.6) is 5.75 Å². The second-order valence-electron chi connectivity index (χ2n) is 3.99. The van der Waals surface area contributed by atoms with Gasteiger partial charge in [0, 0.05) is 6.92 Å². The van der Waals surface area contributed by atoms with Gasteiger partial charge in [-0.1, -0.05) is 11.2 Å². The second kappa shape index (κ2) is 4.93. The topological polar surface area (TPSA) is 74.2 Å². The molecule has 1 aromatic heterocycles. The lowest BCUT2D eigenvalue weighted by molar-refractivity contribution is 0.0151. The normalized spacial score (nSPS) is 11.6. The minimum atomic E-state index is -3.03. The van der Waals surface area contributed by atoms with Crippen molar-refractivity contribution in [3.8, 4) is 17.1 Å². The van der Waals surface area contributed by atoms with E-state index in [0.29, 0.717) is 5.56 Å². The first kappa shape index (κ1) is 13.4. The highest BCUT2D eigenvalue weighted by atomic mass is 19.3. The van der Waals surface area contributed by atoms with Crippen molar-refractivity contribution in [2.45, 2.75) is 19.4 Å². The highest BCUT2D eigenvalue weighted by Crippen LogP contribution is 2.39. The van der Waals surface area contributed by atoms with E-state index in [9.17, 15) is 8.78 Å². The molecule has 0 fully saturated rings. The molecule has 0 unspecified atom stereocenters. The van der Waals surface area contributed by atoms with Gasteiger partial charge < -0.3 is 15.0 Å². The molecule has 0 spiro atoms. The standard InChI is InChI=1S/C12H13F2N3O2/c1-12(13,14)8-5-3-4-7(10(8)18-2)11-16-9(6-15)19-17-11/h3-5H,6,15H2,1-2H3. The molecule has 0 aliphatic carbocycles. The summed E-state index contributed by atoms with van der Waals surface area (Å²) in [7, 11) is 1.32. The molecule has 0 saturated heterocycles. The Kier molecular flexibility index (Phi) is 3.48. The van der Waals surface area contributed by atoms with Crippen molar-refractivity contribution in [3.05, 3.63) is 29.7 Å². The molecule has 5 nitrogen and oxygen atoms in total. The highest BCUT2D eigenvalue weighted by Gasteiger charge is 2.30. The summed E-state index contributed by atoms with van der Waals surface area (Å²) >= 11 is 0. The third-order valence-corrected chi connectivity index (χ3v) is 2.58. The van der Waals surface area contributed by atoms with E-state index in [1.165, 1.54) is 19.2 Å². The number of alkyl halides is 2. The largest absolute Gasteiger partial charge is 0.495 e. The van der Waals surface area contributed by atoms with Crippen LogP contribution < -0.4 is 10.5 Å². The molecule has 0 radical (unpaired) electrons. The molecule has 102 valence electrons. The van der Waals surface area contributed by atoms with Gasteiger partial charge in [0.05, 0.1) is 24.8 Å². The quantitative estimate of drug-likeness (QED) is 0.921. The Morgan fingerprint density at radius 3 is 2.68 bits per heavy atom. The van der Waals surface area contributed by atoms with E-state index in [2.05, 4.69) is 10.1 Å². The molecule has 1 aromatic carbocycles. The molecule has 0 amide bonds. The third-order valence-electron chi connectivity index (χ3n) is 2.58. The Balaban J connectivity index is 2.57. The summed E-state index contributed by atoms with van der Waals surface area (Å²) in [4.78, 5) is 4.00. The molecular weight excluding hydrogens is 256 g/mol. The van der Waals surface area contributed by atoms with E-state index in [1.54, 1.807) is 6.07 Å². The first-order valence-electron chi connectivity index (χ1n) is 5.55. The Hall–Kier alpha value is -2.02. The second-order valence-corrected chi connectivity index (χ2v) is 3.99. The molecular formula is C12H13F2N3O2. The number of ether oxygens (including phenoxy) is 1. The Bertz CT molecular complexity index is 579. The Morgan fingerprint density at radius 2 is 2.16 bits per heavy atom. The van der Waals surface area contributed by atoms with Crippen molar-refractivity contribution in [2.75, 3.05) is 7.11 Å². The van der Waals surface area contributed by atoms with E-state index < -0.39 is 5.92 Å². The van der Waals surface area contributed by atoms with Crippen LogP contribution in [0.1, 0.15) is 18.4 Å². The van der Waals surface area contributed by atoms with E-state index in [1.807, 2.05) is 0 Å². The molecule has 0 aliphatic heterocycles. The maximum atomic E-state index is 13.5. The van der Waals surface area contributed by atoms with Crippen molar-refractivity contribution >= 4 is 0 Å². The van der Waals surface area contributed by atoms with Crippen LogP contribution in [0.25, 0.3) is 11.4 Å². The summed E-state index contributed by atoms with van der Waals surface area (Å²) in [6.45, 7) is 0.884. The zero-order valence-electron chi connectivity index (χ0n) is 10.5. The van der Waals surface area contributed by atoms with Gasteiger partial charge in [0.2, 0.25) is 11.7 Å². The SMILES string of the molecule is COc1c(-c2noc(CN)n2)cccc1C(C)(F)F. The number of nitrogens with two attached hydrogens (primary N) is 1. The summed E-state index contributed by atoms with van der Waals surface area (Å²) in [6.07, 6.45) is 0. The smallest absolute Gasteiger partial charge is 0.274 e. The summed E-state index contributed by atoms with van der Waals surface area (Å²) < 4.78 is 36.9. The number of halogens is 2. The van der Waals surface area contributed by atoms with Gasteiger partial charge in [-0.3, -0.25) is 0 Å². The van der Waals surface area contributed by atoms with Crippen LogP contribution in [0.15, 0.2) is 22.7 Å². The molecule has 7 heteroatoms. The first-order chi connectivity index (χ1) is 8.97. The number of para-hydroxylation sites is 1. The van der Waals surface area contributed by atoms with Crippen LogP contribution >= 0.6 is 0 Å². The molecule has 0 atom stereocenters. The van der Waals surface area contributed by atoms with Crippen molar-refractivity contribution < 1.29 is 18.0 Å². The predicted molar refractivity (Wildman–Crippen MR) is 63.7 cm³/mol. The lowest BCUT2D eigenvalue weighted by Gasteiger charge is -2.16. The van der Waals surface area contributed by atoms with Crippen molar-refractivity contribution in [3.63, 3.8) is 0 Å². The Labute approximate surface area is 108 Å². The van der Waals surface area contributed by atoms with Gasteiger partial charge in [-0.25, -0.2) is 8.78 Å². The summed E-state index contributed by atoms with van der Waals surface area (Å²) in [5.41, 5.74) is 5.47.